The maximum atomic E-state index is 13.4. The molecule has 0 radical (unpaired) electrons. The van der Waals surface area contributed by atoms with Crippen molar-refractivity contribution in [3.05, 3.63) is 29.6 Å². The first kappa shape index (κ1) is 12.9. The van der Waals surface area contributed by atoms with Gasteiger partial charge < -0.3 is 5.32 Å². The monoisotopic (exact) mass is 254 g/mol. The minimum Gasteiger partial charge on any atom is -0.349 e. The zero-order chi connectivity index (χ0) is 13.1. The van der Waals surface area contributed by atoms with E-state index in [1.165, 1.54) is 0 Å². The summed E-state index contributed by atoms with van der Waals surface area (Å²) in [7, 11) is 0. The molecule has 1 aliphatic rings. The summed E-state index contributed by atoms with van der Waals surface area (Å²) in [5, 5.41) is 2.78. The van der Waals surface area contributed by atoms with Gasteiger partial charge in [-0.05, 0) is 18.8 Å². The van der Waals surface area contributed by atoms with E-state index in [1.807, 2.05) is 0 Å². The molecule has 1 fully saturated rings. The second-order valence-corrected chi connectivity index (χ2v) is 4.83. The number of hydrogen-bond acceptors (Lipinski definition) is 2. The van der Waals surface area contributed by atoms with Crippen molar-refractivity contribution < 1.29 is 13.6 Å². The van der Waals surface area contributed by atoms with Crippen LogP contribution in [-0.4, -0.2) is 16.9 Å². The number of hydrogen-bond donors (Lipinski definition) is 1. The highest BCUT2D eigenvalue weighted by atomic mass is 19.1. The third-order valence-corrected chi connectivity index (χ3v) is 3.49. The summed E-state index contributed by atoms with van der Waals surface area (Å²) in [6.45, 7) is 2.06. The molecule has 1 N–H and O–H groups in total. The van der Waals surface area contributed by atoms with Gasteiger partial charge in [0.2, 0.25) is 5.95 Å². The van der Waals surface area contributed by atoms with Gasteiger partial charge in [-0.2, -0.15) is 4.39 Å². The Morgan fingerprint density at radius 3 is 2.83 bits per heavy atom. The predicted octanol–water partition coefficient (Wildman–Crippen LogP) is 2.67. The number of carbonyl (C=O) groups is 1. The summed E-state index contributed by atoms with van der Waals surface area (Å²) in [6.07, 6.45) is 4.89. The summed E-state index contributed by atoms with van der Waals surface area (Å²) < 4.78 is 26.3. The topological polar surface area (TPSA) is 42.0 Å². The lowest BCUT2D eigenvalue weighted by atomic mass is 9.86. The van der Waals surface area contributed by atoms with Crippen LogP contribution in [0.3, 0.4) is 0 Å². The van der Waals surface area contributed by atoms with Gasteiger partial charge in [0.15, 0.2) is 5.82 Å². The number of aromatic nitrogens is 1. The largest absolute Gasteiger partial charge is 0.349 e. The van der Waals surface area contributed by atoms with E-state index >= 15 is 0 Å². The highest BCUT2D eigenvalue weighted by molar-refractivity contribution is 5.94. The van der Waals surface area contributed by atoms with Gasteiger partial charge in [-0.15, -0.1) is 0 Å². The minimum absolute atomic E-state index is 0.0434. The summed E-state index contributed by atoms with van der Waals surface area (Å²) in [6, 6.07) is 0.875. The molecular formula is C13H16F2N2O. The Hall–Kier alpha value is -1.52. The van der Waals surface area contributed by atoms with Crippen LogP contribution in [0.15, 0.2) is 12.3 Å². The molecule has 0 aliphatic heterocycles. The van der Waals surface area contributed by atoms with E-state index in [0.717, 1.165) is 37.9 Å². The lowest BCUT2D eigenvalue weighted by molar-refractivity contribution is 0.0905. The van der Waals surface area contributed by atoms with Crippen LogP contribution in [-0.2, 0) is 0 Å². The normalized spacial score (nSPS) is 23.7. The van der Waals surface area contributed by atoms with Gasteiger partial charge in [0.1, 0.15) is 0 Å². The molecule has 0 aromatic carbocycles. The van der Waals surface area contributed by atoms with E-state index in [9.17, 15) is 13.6 Å². The Labute approximate surface area is 105 Å². The molecule has 2 atom stereocenters. The molecule has 2 unspecified atom stereocenters. The molecule has 18 heavy (non-hydrogen) atoms. The molecule has 1 heterocycles. The molecule has 0 bridgehead atoms. The Kier molecular flexibility index (Phi) is 3.89. The van der Waals surface area contributed by atoms with Gasteiger partial charge in [0.25, 0.3) is 5.91 Å². The zero-order valence-corrected chi connectivity index (χ0v) is 10.2. The fourth-order valence-corrected chi connectivity index (χ4v) is 2.36. The van der Waals surface area contributed by atoms with Crippen molar-refractivity contribution in [3.8, 4) is 0 Å². The van der Waals surface area contributed by atoms with Crippen molar-refractivity contribution in [2.45, 2.75) is 38.6 Å². The Morgan fingerprint density at radius 1 is 1.39 bits per heavy atom. The smallest absolute Gasteiger partial charge is 0.254 e. The fraction of sp³-hybridized carbons (Fsp3) is 0.538. The van der Waals surface area contributed by atoms with Crippen molar-refractivity contribution in [2.24, 2.45) is 5.92 Å². The fourth-order valence-electron chi connectivity index (χ4n) is 2.36. The highest BCUT2D eigenvalue weighted by Gasteiger charge is 2.24. The van der Waals surface area contributed by atoms with Crippen molar-refractivity contribution in [1.29, 1.82) is 0 Å². The Bertz CT molecular complexity index is 451. The standard InChI is InChI=1S/C13H16F2N2O/c1-8-4-2-3-5-11(8)17-13(18)9-6-12(15)16-7-10(9)14/h6-8,11H,2-5H2,1H3,(H,17,18). The van der Waals surface area contributed by atoms with E-state index in [4.69, 9.17) is 0 Å². The second-order valence-electron chi connectivity index (χ2n) is 4.83. The summed E-state index contributed by atoms with van der Waals surface area (Å²) >= 11 is 0. The number of nitrogens with one attached hydrogen (secondary N) is 1. The van der Waals surface area contributed by atoms with Gasteiger partial charge in [-0.1, -0.05) is 19.8 Å². The van der Waals surface area contributed by atoms with Crippen LogP contribution >= 0.6 is 0 Å². The molecule has 3 nitrogen and oxygen atoms in total. The maximum Gasteiger partial charge on any atom is 0.254 e. The zero-order valence-electron chi connectivity index (χ0n) is 10.2. The number of rotatable bonds is 2. The number of pyridine rings is 1. The molecular weight excluding hydrogens is 238 g/mol. The van der Waals surface area contributed by atoms with E-state index in [-0.39, 0.29) is 11.6 Å². The van der Waals surface area contributed by atoms with Crippen LogP contribution in [0.5, 0.6) is 0 Å². The number of amides is 1. The van der Waals surface area contributed by atoms with Gasteiger partial charge in [-0.3, -0.25) is 4.79 Å². The van der Waals surface area contributed by atoms with Crippen molar-refractivity contribution in [1.82, 2.24) is 10.3 Å². The molecule has 0 spiro atoms. The van der Waals surface area contributed by atoms with Crippen LogP contribution in [0.1, 0.15) is 43.0 Å². The van der Waals surface area contributed by atoms with E-state index < -0.39 is 17.7 Å². The first-order chi connectivity index (χ1) is 8.58. The average molecular weight is 254 g/mol. The number of carbonyl (C=O) groups excluding carboxylic acids is 1. The van der Waals surface area contributed by atoms with Gasteiger partial charge in [-0.25, -0.2) is 9.37 Å². The van der Waals surface area contributed by atoms with E-state index in [2.05, 4.69) is 17.2 Å². The van der Waals surface area contributed by atoms with Crippen molar-refractivity contribution in [2.75, 3.05) is 0 Å². The SMILES string of the molecule is CC1CCCCC1NC(=O)c1cc(F)ncc1F. The quantitative estimate of drug-likeness (QED) is 0.824. The molecule has 0 saturated heterocycles. The van der Waals surface area contributed by atoms with Crippen LogP contribution in [0.25, 0.3) is 0 Å². The summed E-state index contributed by atoms with van der Waals surface area (Å²) in [5.74, 6) is -1.83. The molecule has 1 amide bonds. The first-order valence-electron chi connectivity index (χ1n) is 6.20. The number of halogens is 2. The summed E-state index contributed by atoms with van der Waals surface area (Å²) in [5.41, 5.74) is -0.278. The van der Waals surface area contributed by atoms with Crippen LogP contribution in [0.4, 0.5) is 8.78 Å². The van der Waals surface area contributed by atoms with E-state index in [1.54, 1.807) is 0 Å². The average Bonchev–Trinajstić information content (AvgIpc) is 2.35. The molecule has 2 rings (SSSR count). The molecule has 98 valence electrons. The lowest BCUT2D eigenvalue weighted by Crippen LogP contribution is -2.41. The van der Waals surface area contributed by atoms with E-state index in [0.29, 0.717) is 5.92 Å². The minimum atomic E-state index is -0.849. The first-order valence-corrected chi connectivity index (χ1v) is 6.20. The lowest BCUT2D eigenvalue weighted by Gasteiger charge is -2.29. The molecule has 1 aromatic heterocycles. The second kappa shape index (κ2) is 5.42. The third kappa shape index (κ3) is 2.83. The third-order valence-electron chi connectivity index (χ3n) is 3.49. The van der Waals surface area contributed by atoms with Crippen molar-refractivity contribution in [3.63, 3.8) is 0 Å². The molecule has 1 saturated carbocycles. The summed E-state index contributed by atoms with van der Waals surface area (Å²) in [4.78, 5) is 15.0. The Morgan fingerprint density at radius 2 is 2.11 bits per heavy atom. The Balaban J connectivity index is 2.09. The maximum absolute atomic E-state index is 13.4. The van der Waals surface area contributed by atoms with Crippen LogP contribution in [0.2, 0.25) is 0 Å². The van der Waals surface area contributed by atoms with Crippen LogP contribution < -0.4 is 5.32 Å². The van der Waals surface area contributed by atoms with Gasteiger partial charge in [0, 0.05) is 12.1 Å². The van der Waals surface area contributed by atoms with Crippen molar-refractivity contribution >= 4 is 5.91 Å². The predicted molar refractivity (Wildman–Crippen MR) is 63.0 cm³/mol. The van der Waals surface area contributed by atoms with Crippen LogP contribution in [0, 0.1) is 17.7 Å². The highest BCUT2D eigenvalue weighted by Crippen LogP contribution is 2.24. The molecule has 1 aromatic rings. The van der Waals surface area contributed by atoms with Gasteiger partial charge in [0.05, 0.1) is 11.8 Å². The number of nitrogens with zero attached hydrogens (tertiary/aromatic N) is 1. The molecule has 5 heteroatoms. The molecule has 1 aliphatic carbocycles. The van der Waals surface area contributed by atoms with Gasteiger partial charge >= 0.3 is 0 Å².